The van der Waals surface area contributed by atoms with E-state index in [0.29, 0.717) is 22.6 Å². The number of aromatic nitrogens is 1. The van der Waals surface area contributed by atoms with E-state index in [1.165, 1.54) is 11.8 Å². The number of nitrogens with one attached hydrogen (secondary N) is 2. The number of amides is 2. The summed E-state index contributed by atoms with van der Waals surface area (Å²) in [6.45, 7) is 7.92. The summed E-state index contributed by atoms with van der Waals surface area (Å²) in [5, 5.41) is 21.4. The Kier molecular flexibility index (Phi) is 6.62. The molecular formula is C26H39N3O5S. The average molecular weight is 506 g/mol. The summed E-state index contributed by atoms with van der Waals surface area (Å²) in [5.74, 6) is 1.32. The smallest absolute Gasteiger partial charge is 0.291 e. The maximum Gasteiger partial charge on any atom is 0.291 e. The Labute approximate surface area is 211 Å². The molecule has 6 rings (SSSR count). The van der Waals surface area contributed by atoms with Gasteiger partial charge in [-0.3, -0.25) is 9.59 Å². The van der Waals surface area contributed by atoms with Crippen molar-refractivity contribution in [3.05, 3.63) is 5.76 Å². The summed E-state index contributed by atoms with van der Waals surface area (Å²) < 4.78 is 11.5. The van der Waals surface area contributed by atoms with E-state index in [0.717, 1.165) is 51.4 Å². The first-order valence-corrected chi connectivity index (χ1v) is 14.0. The van der Waals surface area contributed by atoms with Crippen LogP contribution in [0, 0.1) is 23.2 Å². The van der Waals surface area contributed by atoms with Gasteiger partial charge in [-0.25, -0.2) is 0 Å². The lowest BCUT2D eigenvalue weighted by atomic mass is 9.52. The Hall–Kier alpha value is -1.74. The number of carbonyl (C=O) groups is 2. The summed E-state index contributed by atoms with van der Waals surface area (Å²) >= 11 is 1.48. The Bertz CT molecular complexity index is 956. The Morgan fingerprint density at radius 3 is 2.46 bits per heavy atom. The minimum Gasteiger partial charge on any atom is -0.474 e. The van der Waals surface area contributed by atoms with Gasteiger partial charge in [0.15, 0.2) is 0 Å². The Morgan fingerprint density at radius 2 is 1.89 bits per heavy atom. The van der Waals surface area contributed by atoms with Crippen LogP contribution < -0.4 is 15.4 Å². The third-order valence-electron chi connectivity index (χ3n) is 8.34. The molecule has 0 aliphatic heterocycles. The first-order chi connectivity index (χ1) is 16.5. The molecule has 194 valence electrons. The van der Waals surface area contributed by atoms with Crippen LogP contribution in [0.1, 0.15) is 89.6 Å². The van der Waals surface area contributed by atoms with Gasteiger partial charge in [0, 0.05) is 17.3 Å². The van der Waals surface area contributed by atoms with Crippen LogP contribution in [0.4, 0.5) is 0 Å². The lowest BCUT2D eigenvalue weighted by Crippen LogP contribution is -2.61. The van der Waals surface area contributed by atoms with Crippen LogP contribution in [0.15, 0.2) is 9.42 Å². The second kappa shape index (κ2) is 9.29. The van der Waals surface area contributed by atoms with Gasteiger partial charge in [0.25, 0.3) is 11.8 Å². The number of ether oxygens (including phenoxy) is 1. The molecule has 1 aromatic rings. The van der Waals surface area contributed by atoms with Crippen LogP contribution in [0.5, 0.6) is 5.88 Å². The van der Waals surface area contributed by atoms with Crippen LogP contribution in [-0.2, 0) is 4.79 Å². The van der Waals surface area contributed by atoms with Crippen LogP contribution >= 0.6 is 11.8 Å². The summed E-state index contributed by atoms with van der Waals surface area (Å²) in [4.78, 5) is 26.6. The third-order valence-corrected chi connectivity index (χ3v) is 9.41. The molecule has 5 aliphatic rings. The predicted molar refractivity (Wildman–Crippen MR) is 132 cm³/mol. The maximum absolute atomic E-state index is 13.4. The highest BCUT2D eigenvalue weighted by Gasteiger charge is 2.55. The van der Waals surface area contributed by atoms with E-state index in [9.17, 15) is 14.7 Å². The summed E-state index contributed by atoms with van der Waals surface area (Å²) in [6, 6.07) is 0.321. The van der Waals surface area contributed by atoms with Crippen molar-refractivity contribution in [3.63, 3.8) is 0 Å². The number of rotatable bonds is 9. The van der Waals surface area contributed by atoms with E-state index < -0.39 is 11.0 Å². The second-order valence-electron chi connectivity index (χ2n) is 12.3. The summed E-state index contributed by atoms with van der Waals surface area (Å²) in [7, 11) is 0. The van der Waals surface area contributed by atoms with Gasteiger partial charge in [0.2, 0.25) is 11.7 Å². The fourth-order valence-corrected chi connectivity index (χ4v) is 7.43. The van der Waals surface area contributed by atoms with Crippen molar-refractivity contribution < 1.29 is 24.0 Å². The summed E-state index contributed by atoms with van der Waals surface area (Å²) in [6.07, 6.45) is 7.80. The quantitative estimate of drug-likeness (QED) is 0.436. The average Bonchev–Trinajstić information content (AvgIpc) is 3.12. The molecule has 1 heterocycles. The molecule has 0 aromatic carbocycles. The van der Waals surface area contributed by atoms with E-state index >= 15 is 0 Å². The molecule has 0 saturated heterocycles. The highest BCUT2D eigenvalue weighted by atomic mass is 32.2. The monoisotopic (exact) mass is 505 g/mol. The number of hydrogen-bond acceptors (Lipinski definition) is 7. The Morgan fingerprint density at radius 1 is 1.20 bits per heavy atom. The summed E-state index contributed by atoms with van der Waals surface area (Å²) in [5.41, 5.74) is -1.28. The van der Waals surface area contributed by atoms with E-state index in [4.69, 9.17) is 9.26 Å². The molecule has 2 amide bonds. The van der Waals surface area contributed by atoms with Crippen molar-refractivity contribution >= 4 is 23.6 Å². The molecule has 5 fully saturated rings. The van der Waals surface area contributed by atoms with Gasteiger partial charge in [-0.15, -0.1) is 11.8 Å². The molecule has 9 heteroatoms. The largest absolute Gasteiger partial charge is 0.474 e. The first kappa shape index (κ1) is 24.9. The lowest BCUT2D eigenvalue weighted by molar-refractivity contribution is -0.137. The predicted octanol–water partition coefficient (Wildman–Crippen LogP) is 3.92. The molecular weight excluding hydrogens is 466 g/mol. The fraction of sp³-hybridized carbons (Fsp3) is 0.808. The highest BCUT2D eigenvalue weighted by molar-refractivity contribution is 8.00. The van der Waals surface area contributed by atoms with Crippen molar-refractivity contribution in [2.24, 2.45) is 23.2 Å². The minimum atomic E-state index is -0.739. The van der Waals surface area contributed by atoms with Crippen LogP contribution in [0.2, 0.25) is 0 Å². The maximum atomic E-state index is 13.4. The SMILES string of the molecule is CC(C)Sc1c(OCC(C)(C)C(=O)NC2CCC2)noc1C(=O)NC1C2CC3CC1CC(O)(C3)C2. The topological polar surface area (TPSA) is 114 Å². The molecule has 1 aromatic heterocycles. The molecule has 8 nitrogen and oxygen atoms in total. The second-order valence-corrected chi connectivity index (χ2v) is 13.9. The van der Waals surface area contributed by atoms with Gasteiger partial charge in [0.05, 0.1) is 11.0 Å². The number of carbonyl (C=O) groups excluding carboxylic acids is 2. The van der Waals surface area contributed by atoms with Crippen LogP contribution in [0.25, 0.3) is 0 Å². The van der Waals surface area contributed by atoms with Gasteiger partial charge in [-0.1, -0.05) is 13.8 Å². The van der Waals surface area contributed by atoms with Gasteiger partial charge in [-0.2, -0.15) is 0 Å². The zero-order valence-corrected chi connectivity index (χ0v) is 22.1. The molecule has 0 spiro atoms. The standard InChI is InChI=1S/C26H39N3O5S/c1-14(2)35-21-20(22(30)28-19-16-8-15-9-17(19)12-26(32,10-15)11-16)34-29-23(21)33-13-25(3,4)24(31)27-18-6-5-7-18/h14-19,32H,5-13H2,1-4H3,(H,27,31)(H,28,30). The van der Waals surface area contributed by atoms with Crippen molar-refractivity contribution in [2.75, 3.05) is 6.61 Å². The number of nitrogens with zero attached hydrogens (tertiary/aromatic N) is 1. The molecule has 5 saturated carbocycles. The molecule has 3 N–H and O–H groups in total. The van der Waals surface area contributed by atoms with Crippen LogP contribution in [0.3, 0.4) is 0 Å². The highest BCUT2D eigenvalue weighted by Crippen LogP contribution is 2.55. The molecule has 5 aliphatic carbocycles. The van der Waals surface area contributed by atoms with Crippen molar-refractivity contribution in [3.8, 4) is 5.88 Å². The van der Waals surface area contributed by atoms with Crippen molar-refractivity contribution in [2.45, 2.75) is 107 Å². The van der Waals surface area contributed by atoms with E-state index in [-0.39, 0.29) is 47.4 Å². The normalized spacial score (nSPS) is 31.9. The number of thioether (sulfide) groups is 1. The number of hydrogen-bond donors (Lipinski definition) is 3. The van der Waals surface area contributed by atoms with E-state index in [1.54, 1.807) is 0 Å². The molecule has 35 heavy (non-hydrogen) atoms. The first-order valence-electron chi connectivity index (χ1n) is 13.2. The van der Waals surface area contributed by atoms with Gasteiger partial charge >= 0.3 is 0 Å². The zero-order chi connectivity index (χ0) is 25.0. The minimum absolute atomic E-state index is 0.0368. The number of aliphatic hydroxyl groups is 1. The zero-order valence-electron chi connectivity index (χ0n) is 21.3. The molecule has 2 unspecified atom stereocenters. The van der Waals surface area contributed by atoms with Gasteiger partial charge in [0.1, 0.15) is 11.5 Å². The lowest BCUT2D eigenvalue weighted by Gasteiger charge is -2.58. The molecule has 0 radical (unpaired) electrons. The Balaban J connectivity index is 1.27. The van der Waals surface area contributed by atoms with E-state index in [1.807, 2.05) is 27.7 Å². The molecule has 2 atom stereocenters. The van der Waals surface area contributed by atoms with Crippen LogP contribution in [-0.4, -0.2) is 51.6 Å². The molecule has 4 bridgehead atoms. The van der Waals surface area contributed by atoms with Crippen molar-refractivity contribution in [1.29, 1.82) is 0 Å². The third kappa shape index (κ3) is 5.08. The van der Waals surface area contributed by atoms with Gasteiger partial charge in [-0.05, 0) is 88.1 Å². The fourth-order valence-electron chi connectivity index (χ4n) is 6.52. The van der Waals surface area contributed by atoms with Crippen molar-refractivity contribution in [1.82, 2.24) is 15.8 Å². The van der Waals surface area contributed by atoms with E-state index in [2.05, 4.69) is 15.8 Å². The van der Waals surface area contributed by atoms with Gasteiger partial charge < -0.3 is 25.0 Å².